The quantitative estimate of drug-likeness (QED) is 0.715. The number of halogens is 1. The Bertz CT molecular complexity index is 1020. The highest BCUT2D eigenvalue weighted by atomic mass is 35.5. The van der Waals surface area contributed by atoms with Gasteiger partial charge in [0.15, 0.2) is 6.10 Å². The highest BCUT2D eigenvalue weighted by Gasteiger charge is 2.37. The lowest BCUT2D eigenvalue weighted by Crippen LogP contribution is -2.56. The molecule has 0 N–H and O–H groups in total. The number of ether oxygens (including phenoxy) is 1. The first-order valence-electron chi connectivity index (χ1n) is 9.80. The van der Waals surface area contributed by atoms with Gasteiger partial charge in [-0.1, -0.05) is 41.9 Å². The molecule has 0 aromatic heterocycles. The SMILES string of the molecule is CS(=O)(=O)N1C[C@@H](C(=O)N2CCN(Cc3ccccc3)CC2)Oc2ccc(Cl)cc21. The van der Waals surface area contributed by atoms with E-state index in [1.165, 1.54) is 9.87 Å². The predicted molar refractivity (Wildman–Crippen MR) is 116 cm³/mol. The monoisotopic (exact) mass is 449 g/mol. The molecule has 1 saturated heterocycles. The van der Waals surface area contributed by atoms with Gasteiger partial charge in [0, 0.05) is 37.7 Å². The van der Waals surface area contributed by atoms with Crippen molar-refractivity contribution in [3.05, 3.63) is 59.1 Å². The number of benzene rings is 2. The molecule has 0 spiro atoms. The molecule has 1 amide bonds. The summed E-state index contributed by atoms with van der Waals surface area (Å²) < 4.78 is 31.7. The van der Waals surface area contributed by atoms with Crippen molar-refractivity contribution < 1.29 is 17.9 Å². The lowest BCUT2D eigenvalue weighted by atomic mass is 10.1. The van der Waals surface area contributed by atoms with E-state index in [2.05, 4.69) is 17.0 Å². The molecule has 30 heavy (non-hydrogen) atoms. The fourth-order valence-electron chi connectivity index (χ4n) is 3.84. The molecule has 0 unspecified atom stereocenters. The number of sulfonamides is 1. The third kappa shape index (κ3) is 4.55. The van der Waals surface area contributed by atoms with Gasteiger partial charge in [-0.3, -0.25) is 14.0 Å². The number of anilines is 1. The molecule has 0 saturated carbocycles. The Hall–Kier alpha value is -2.29. The van der Waals surface area contributed by atoms with Gasteiger partial charge in [-0.25, -0.2) is 8.42 Å². The summed E-state index contributed by atoms with van der Waals surface area (Å²) in [5.41, 5.74) is 1.61. The molecule has 0 bridgehead atoms. The maximum atomic E-state index is 13.1. The number of amides is 1. The average molecular weight is 450 g/mol. The van der Waals surface area contributed by atoms with Gasteiger partial charge < -0.3 is 9.64 Å². The molecule has 0 aliphatic carbocycles. The van der Waals surface area contributed by atoms with Crippen molar-refractivity contribution in [2.24, 2.45) is 0 Å². The molecule has 160 valence electrons. The normalized spacial score (nSPS) is 19.9. The van der Waals surface area contributed by atoms with Gasteiger partial charge in [-0.15, -0.1) is 0 Å². The minimum atomic E-state index is -3.58. The molecule has 2 aromatic rings. The Kier molecular flexibility index (Phi) is 5.90. The van der Waals surface area contributed by atoms with Crippen molar-refractivity contribution in [2.45, 2.75) is 12.6 Å². The van der Waals surface area contributed by atoms with Crippen LogP contribution in [0.4, 0.5) is 5.69 Å². The molecule has 0 radical (unpaired) electrons. The van der Waals surface area contributed by atoms with Crippen LogP contribution in [0.2, 0.25) is 5.02 Å². The van der Waals surface area contributed by atoms with Gasteiger partial charge in [-0.2, -0.15) is 0 Å². The largest absolute Gasteiger partial charge is 0.476 e. The van der Waals surface area contributed by atoms with Crippen LogP contribution in [0.3, 0.4) is 0 Å². The molecule has 4 rings (SSSR count). The first kappa shape index (κ1) is 21.0. The molecular weight excluding hydrogens is 426 g/mol. The van der Waals surface area contributed by atoms with Gasteiger partial charge in [0.1, 0.15) is 5.75 Å². The first-order valence-corrected chi connectivity index (χ1v) is 12.0. The highest BCUT2D eigenvalue weighted by Crippen LogP contribution is 2.37. The van der Waals surface area contributed by atoms with E-state index in [1.807, 2.05) is 18.2 Å². The van der Waals surface area contributed by atoms with Crippen molar-refractivity contribution in [3.8, 4) is 5.75 Å². The molecule has 2 aliphatic rings. The van der Waals surface area contributed by atoms with E-state index in [9.17, 15) is 13.2 Å². The summed E-state index contributed by atoms with van der Waals surface area (Å²) in [7, 11) is -3.58. The lowest BCUT2D eigenvalue weighted by Gasteiger charge is -2.39. The third-order valence-electron chi connectivity index (χ3n) is 5.40. The number of rotatable bonds is 4. The fourth-order valence-corrected chi connectivity index (χ4v) is 4.91. The Morgan fingerprint density at radius 1 is 1.10 bits per heavy atom. The molecule has 1 atom stereocenters. The van der Waals surface area contributed by atoms with Gasteiger partial charge >= 0.3 is 0 Å². The second-order valence-electron chi connectivity index (χ2n) is 7.60. The lowest BCUT2D eigenvalue weighted by molar-refractivity contribution is -0.140. The third-order valence-corrected chi connectivity index (χ3v) is 6.78. The van der Waals surface area contributed by atoms with E-state index in [0.29, 0.717) is 29.5 Å². The van der Waals surface area contributed by atoms with Crippen LogP contribution in [-0.2, 0) is 21.4 Å². The van der Waals surface area contributed by atoms with E-state index < -0.39 is 16.1 Å². The van der Waals surface area contributed by atoms with Crippen LogP contribution in [0.1, 0.15) is 5.56 Å². The van der Waals surface area contributed by atoms with E-state index in [-0.39, 0.29) is 12.5 Å². The fraction of sp³-hybridized carbons (Fsp3) is 0.381. The predicted octanol–water partition coefficient (Wildman–Crippen LogP) is 2.21. The molecule has 1 fully saturated rings. The summed E-state index contributed by atoms with van der Waals surface area (Å²) in [6, 6.07) is 15.0. The van der Waals surface area contributed by atoms with Crippen LogP contribution in [0.5, 0.6) is 5.75 Å². The second kappa shape index (κ2) is 8.45. The number of hydrogen-bond donors (Lipinski definition) is 0. The van der Waals surface area contributed by atoms with Crippen LogP contribution in [0, 0.1) is 0 Å². The number of carbonyl (C=O) groups excluding carboxylic acids is 1. The van der Waals surface area contributed by atoms with Gasteiger partial charge in [0.05, 0.1) is 18.5 Å². The number of carbonyl (C=O) groups is 1. The van der Waals surface area contributed by atoms with Crippen LogP contribution >= 0.6 is 11.6 Å². The summed E-state index contributed by atoms with van der Waals surface area (Å²) in [6.45, 7) is 3.47. The number of piperazine rings is 1. The topological polar surface area (TPSA) is 70.2 Å². The van der Waals surface area contributed by atoms with E-state index in [4.69, 9.17) is 16.3 Å². The summed E-state index contributed by atoms with van der Waals surface area (Å²) in [6.07, 6.45) is 0.237. The summed E-state index contributed by atoms with van der Waals surface area (Å²) in [5, 5.41) is 0.408. The van der Waals surface area contributed by atoms with Crippen molar-refractivity contribution in [2.75, 3.05) is 43.3 Å². The zero-order chi connectivity index (χ0) is 21.3. The second-order valence-corrected chi connectivity index (χ2v) is 9.94. The van der Waals surface area contributed by atoms with E-state index in [0.717, 1.165) is 25.9 Å². The standard InChI is InChI=1S/C21H24ClN3O4S/c1-30(27,28)25-15-20(29-19-8-7-17(22)13-18(19)25)21(26)24-11-9-23(10-12-24)14-16-5-3-2-4-6-16/h2-8,13,20H,9-12,14-15H2,1H3/t20-/m0/s1. The van der Waals surface area contributed by atoms with E-state index >= 15 is 0 Å². The van der Waals surface area contributed by atoms with Gasteiger partial charge in [0.25, 0.3) is 5.91 Å². The minimum absolute atomic E-state index is 0.0603. The average Bonchev–Trinajstić information content (AvgIpc) is 2.73. The minimum Gasteiger partial charge on any atom is -0.476 e. The van der Waals surface area contributed by atoms with Crippen molar-refractivity contribution in [3.63, 3.8) is 0 Å². The molecule has 7 nitrogen and oxygen atoms in total. The maximum Gasteiger partial charge on any atom is 0.265 e. The Balaban J connectivity index is 1.43. The van der Waals surface area contributed by atoms with Crippen LogP contribution in [0.15, 0.2) is 48.5 Å². The molecule has 2 aliphatic heterocycles. The van der Waals surface area contributed by atoms with Gasteiger partial charge in [-0.05, 0) is 23.8 Å². The molecule has 2 aromatic carbocycles. The molecule has 9 heteroatoms. The highest BCUT2D eigenvalue weighted by molar-refractivity contribution is 7.92. The van der Waals surface area contributed by atoms with Gasteiger partial charge in [0.2, 0.25) is 10.0 Å². The summed E-state index contributed by atoms with van der Waals surface area (Å²) in [5.74, 6) is 0.153. The zero-order valence-electron chi connectivity index (χ0n) is 16.7. The smallest absolute Gasteiger partial charge is 0.265 e. The summed E-state index contributed by atoms with van der Waals surface area (Å²) >= 11 is 6.03. The summed E-state index contributed by atoms with van der Waals surface area (Å²) in [4.78, 5) is 17.2. The number of hydrogen-bond acceptors (Lipinski definition) is 5. The first-order chi connectivity index (χ1) is 14.3. The Morgan fingerprint density at radius 2 is 1.80 bits per heavy atom. The molecular formula is C21H24ClN3O4S. The van der Waals surface area contributed by atoms with Crippen LogP contribution < -0.4 is 9.04 Å². The molecule has 2 heterocycles. The number of fused-ring (bicyclic) bond motifs is 1. The zero-order valence-corrected chi connectivity index (χ0v) is 18.3. The van der Waals surface area contributed by atoms with Crippen LogP contribution in [-0.4, -0.2) is 69.2 Å². The van der Waals surface area contributed by atoms with Crippen molar-refractivity contribution in [1.29, 1.82) is 0 Å². The Labute approximate surface area is 181 Å². The Morgan fingerprint density at radius 3 is 2.47 bits per heavy atom. The van der Waals surface area contributed by atoms with Crippen molar-refractivity contribution in [1.82, 2.24) is 9.80 Å². The maximum absolute atomic E-state index is 13.1. The van der Waals surface area contributed by atoms with Crippen LogP contribution in [0.25, 0.3) is 0 Å². The number of nitrogens with zero attached hydrogens (tertiary/aromatic N) is 3. The van der Waals surface area contributed by atoms with E-state index in [1.54, 1.807) is 23.1 Å². The van der Waals surface area contributed by atoms with Crippen molar-refractivity contribution >= 4 is 33.2 Å².